The molecule has 0 aliphatic heterocycles. The Morgan fingerprint density at radius 1 is 1.29 bits per heavy atom. The Morgan fingerprint density at radius 3 is 2.43 bits per heavy atom. The van der Waals surface area contributed by atoms with Crippen molar-refractivity contribution < 1.29 is 11.3 Å². The zero-order valence-corrected chi connectivity index (χ0v) is 11.6. The number of hydrogen-bond acceptors (Lipinski definition) is 3. The third kappa shape index (κ3) is 6.31. The molecule has 0 fully saturated rings. The van der Waals surface area contributed by atoms with E-state index in [-0.39, 0.29) is 13.7 Å². The Hall–Kier alpha value is -2.72. The Kier molecular flexibility index (Phi) is 7.18. The average molecular weight is 284 g/mol. The van der Waals surface area contributed by atoms with Crippen LogP contribution in [0.1, 0.15) is 23.0 Å². The van der Waals surface area contributed by atoms with Crippen LogP contribution in [0.15, 0.2) is 67.4 Å². The van der Waals surface area contributed by atoms with E-state index in [0.717, 1.165) is 11.1 Å². The van der Waals surface area contributed by atoms with Gasteiger partial charge in [0.25, 0.3) is 5.91 Å². The third-order valence-corrected chi connectivity index (χ3v) is 2.49. The molecule has 0 saturated carbocycles. The molecule has 0 aliphatic carbocycles. The van der Waals surface area contributed by atoms with Crippen LogP contribution in [-0.4, -0.2) is 16.0 Å². The Balaban J connectivity index is 0.000000423. The Morgan fingerprint density at radius 2 is 2.00 bits per heavy atom. The van der Waals surface area contributed by atoms with E-state index in [0.29, 0.717) is 0 Å². The van der Waals surface area contributed by atoms with Crippen LogP contribution in [0.25, 0.3) is 6.08 Å². The van der Waals surface area contributed by atoms with Gasteiger partial charge in [-0.1, -0.05) is 61.2 Å². The van der Waals surface area contributed by atoms with E-state index in [9.17, 15) is 4.79 Å². The van der Waals surface area contributed by atoms with Gasteiger partial charge in [0.05, 0.1) is 6.61 Å². The van der Waals surface area contributed by atoms with Crippen LogP contribution in [-0.2, 0) is 6.61 Å². The van der Waals surface area contributed by atoms with Crippen molar-refractivity contribution in [2.75, 3.05) is 0 Å². The number of hydrogen-bond donors (Lipinski definition) is 2. The maximum Gasteiger partial charge on any atom is 0.267 e. The normalized spacial score (nSPS) is 9.76. The summed E-state index contributed by atoms with van der Waals surface area (Å²) in [5.74, 6) is -0.515. The van der Waals surface area contributed by atoms with Crippen molar-refractivity contribution in [3.63, 3.8) is 0 Å². The standard InChI is InChI=1S/C10H10N2O.C7H8O.H2/c1-2-3-4-8-5-6-9(10(11)13)12-7-8;8-6-7-4-2-1-3-5-7;/h2-7H,1H2,(H2,11,13);1-5,8H,6H2;1H/b4-3-;;. The number of carbonyl (C=O) groups is 1. The first-order chi connectivity index (χ1) is 10.2. The summed E-state index contributed by atoms with van der Waals surface area (Å²) < 4.78 is 0. The van der Waals surface area contributed by atoms with Crippen LogP contribution in [0.3, 0.4) is 0 Å². The molecule has 4 heteroatoms. The van der Waals surface area contributed by atoms with Crippen molar-refractivity contribution in [3.05, 3.63) is 84.2 Å². The monoisotopic (exact) mass is 284 g/mol. The van der Waals surface area contributed by atoms with Gasteiger partial charge in [-0.3, -0.25) is 9.78 Å². The van der Waals surface area contributed by atoms with Crippen LogP contribution in [0.2, 0.25) is 0 Å². The van der Waals surface area contributed by atoms with E-state index in [1.807, 2.05) is 36.4 Å². The van der Waals surface area contributed by atoms with E-state index in [4.69, 9.17) is 10.8 Å². The lowest BCUT2D eigenvalue weighted by Gasteiger charge is -1.94. The molecule has 21 heavy (non-hydrogen) atoms. The highest BCUT2D eigenvalue weighted by Crippen LogP contribution is 2.01. The quantitative estimate of drug-likeness (QED) is 0.848. The first-order valence-corrected chi connectivity index (χ1v) is 6.37. The highest BCUT2D eigenvalue weighted by atomic mass is 16.3. The number of rotatable bonds is 4. The first-order valence-electron chi connectivity index (χ1n) is 6.37. The first kappa shape index (κ1) is 16.3. The Bertz CT molecular complexity index is 596. The van der Waals surface area contributed by atoms with E-state index >= 15 is 0 Å². The van der Waals surface area contributed by atoms with Gasteiger partial charge in [-0.15, -0.1) is 0 Å². The molecule has 3 N–H and O–H groups in total. The number of primary amides is 1. The summed E-state index contributed by atoms with van der Waals surface area (Å²) in [7, 11) is 0. The smallest absolute Gasteiger partial charge is 0.267 e. The SMILES string of the molecule is C=C/C=C\c1ccc(C(N)=O)nc1.OCc1ccccc1.[HH]. The van der Waals surface area contributed by atoms with Gasteiger partial charge < -0.3 is 10.8 Å². The van der Waals surface area contributed by atoms with Crippen LogP contribution < -0.4 is 5.73 Å². The number of benzene rings is 1. The van der Waals surface area contributed by atoms with E-state index < -0.39 is 5.91 Å². The van der Waals surface area contributed by atoms with Crippen LogP contribution >= 0.6 is 0 Å². The number of nitrogens with two attached hydrogens (primary N) is 1. The van der Waals surface area contributed by atoms with Gasteiger partial charge >= 0.3 is 0 Å². The van der Waals surface area contributed by atoms with Crippen LogP contribution in [0, 0.1) is 0 Å². The molecule has 1 aromatic carbocycles. The molecular formula is C17H20N2O2. The Labute approximate surface area is 125 Å². The third-order valence-electron chi connectivity index (χ3n) is 2.49. The van der Waals surface area contributed by atoms with Gasteiger partial charge in [0, 0.05) is 7.62 Å². The molecule has 1 heterocycles. The minimum Gasteiger partial charge on any atom is -0.392 e. The summed E-state index contributed by atoms with van der Waals surface area (Å²) in [6, 6.07) is 12.9. The number of amides is 1. The lowest BCUT2D eigenvalue weighted by molar-refractivity contribution is 0.0995. The van der Waals surface area contributed by atoms with Gasteiger partial charge in [0.2, 0.25) is 0 Å². The number of nitrogens with zero attached hydrogens (tertiary/aromatic N) is 1. The maximum atomic E-state index is 10.7. The molecule has 0 saturated heterocycles. The highest BCUT2D eigenvalue weighted by molar-refractivity contribution is 5.90. The minimum absolute atomic E-state index is 0. The van der Waals surface area contributed by atoms with Crippen molar-refractivity contribution >= 4 is 12.0 Å². The van der Waals surface area contributed by atoms with Crippen molar-refractivity contribution in [1.29, 1.82) is 0 Å². The topological polar surface area (TPSA) is 76.2 Å². The summed E-state index contributed by atoms with van der Waals surface area (Å²) in [6.07, 6.45) is 6.88. The number of carbonyl (C=O) groups excluding carboxylic acids is 1. The molecule has 110 valence electrons. The number of aliphatic hydroxyl groups is 1. The van der Waals surface area contributed by atoms with Crippen molar-refractivity contribution in [3.8, 4) is 0 Å². The summed E-state index contributed by atoms with van der Waals surface area (Å²) >= 11 is 0. The van der Waals surface area contributed by atoms with Gasteiger partial charge in [-0.05, 0) is 17.2 Å². The summed E-state index contributed by atoms with van der Waals surface area (Å²) in [5, 5.41) is 8.54. The fraction of sp³-hybridized carbons (Fsp3) is 0.0588. The van der Waals surface area contributed by atoms with Crippen LogP contribution in [0.4, 0.5) is 0 Å². The molecule has 0 atom stereocenters. The molecule has 4 nitrogen and oxygen atoms in total. The molecule has 1 amide bonds. The van der Waals surface area contributed by atoms with E-state index in [2.05, 4.69) is 11.6 Å². The van der Waals surface area contributed by atoms with Gasteiger partial charge in [0.1, 0.15) is 5.69 Å². The lowest BCUT2D eigenvalue weighted by Crippen LogP contribution is -2.12. The van der Waals surface area contributed by atoms with Gasteiger partial charge in [-0.2, -0.15) is 0 Å². The highest BCUT2D eigenvalue weighted by Gasteiger charge is 1.98. The van der Waals surface area contributed by atoms with Crippen molar-refractivity contribution in [2.24, 2.45) is 5.73 Å². The predicted octanol–water partition coefficient (Wildman–Crippen LogP) is 2.80. The zero-order valence-electron chi connectivity index (χ0n) is 11.6. The summed E-state index contributed by atoms with van der Waals surface area (Å²) in [4.78, 5) is 14.5. The number of pyridine rings is 1. The van der Waals surface area contributed by atoms with E-state index in [1.54, 1.807) is 30.5 Å². The zero-order chi connectivity index (χ0) is 15.5. The number of aliphatic hydroxyl groups excluding tert-OH is 1. The fourth-order valence-corrected chi connectivity index (χ4v) is 1.41. The fourth-order valence-electron chi connectivity index (χ4n) is 1.41. The largest absolute Gasteiger partial charge is 0.392 e. The van der Waals surface area contributed by atoms with E-state index in [1.165, 1.54) is 0 Å². The molecule has 0 bridgehead atoms. The maximum absolute atomic E-state index is 10.7. The molecule has 0 radical (unpaired) electrons. The molecule has 1 aromatic heterocycles. The minimum atomic E-state index is -0.515. The number of allylic oxidation sites excluding steroid dienone is 2. The molecule has 0 spiro atoms. The predicted molar refractivity (Wildman–Crippen MR) is 86.5 cm³/mol. The van der Waals surface area contributed by atoms with Crippen molar-refractivity contribution in [1.82, 2.24) is 4.98 Å². The number of aromatic nitrogens is 1. The summed E-state index contributed by atoms with van der Waals surface area (Å²) in [6.45, 7) is 3.68. The van der Waals surface area contributed by atoms with Crippen LogP contribution in [0.5, 0.6) is 0 Å². The summed E-state index contributed by atoms with van der Waals surface area (Å²) in [5.41, 5.74) is 7.17. The second kappa shape index (κ2) is 9.23. The second-order valence-electron chi connectivity index (χ2n) is 4.08. The second-order valence-corrected chi connectivity index (χ2v) is 4.08. The molecule has 2 rings (SSSR count). The molecular weight excluding hydrogens is 264 g/mol. The lowest BCUT2D eigenvalue weighted by atomic mass is 10.2. The molecule has 0 unspecified atom stereocenters. The van der Waals surface area contributed by atoms with Gasteiger partial charge in [-0.25, -0.2) is 0 Å². The molecule has 2 aromatic rings. The molecule has 0 aliphatic rings. The van der Waals surface area contributed by atoms with Crippen molar-refractivity contribution in [2.45, 2.75) is 6.61 Å². The average Bonchev–Trinajstić information content (AvgIpc) is 2.54. The van der Waals surface area contributed by atoms with Gasteiger partial charge in [0.15, 0.2) is 0 Å².